The van der Waals surface area contributed by atoms with E-state index >= 15 is 0 Å². The van der Waals surface area contributed by atoms with Crippen LogP contribution in [0, 0.1) is 0 Å². The number of nitrogens with zero attached hydrogens (tertiary/aromatic N) is 1. The van der Waals surface area contributed by atoms with Gasteiger partial charge < -0.3 is 5.43 Å². The largest absolute Gasteiger partial charge is 0.305 e. The molecular weight excluding hydrogens is 256 g/mol. The molecule has 0 radical (unpaired) electrons. The zero-order chi connectivity index (χ0) is 15.6. The lowest BCUT2D eigenvalue weighted by molar-refractivity contribution is 0.442. The Morgan fingerprint density at radius 2 is 1.71 bits per heavy atom. The molecule has 2 heteroatoms. The van der Waals surface area contributed by atoms with Crippen molar-refractivity contribution in [1.82, 2.24) is 5.43 Å². The predicted molar refractivity (Wildman–Crippen MR) is 92.5 cm³/mol. The van der Waals surface area contributed by atoms with E-state index in [1.807, 2.05) is 6.21 Å². The van der Waals surface area contributed by atoms with Gasteiger partial charge >= 0.3 is 0 Å². The molecule has 2 nitrogen and oxygen atoms in total. The molecule has 112 valence electrons. The van der Waals surface area contributed by atoms with Crippen molar-refractivity contribution in [3.05, 3.63) is 52.1 Å². The van der Waals surface area contributed by atoms with Gasteiger partial charge in [0.1, 0.15) is 0 Å². The minimum atomic E-state index is -0.0112. The third-order valence-electron chi connectivity index (χ3n) is 3.99. The maximum Gasteiger partial charge on any atom is 0.0546 e. The number of nitrogens with one attached hydrogen (secondary N) is 1. The molecule has 0 fully saturated rings. The molecule has 0 bridgehead atoms. The first-order chi connectivity index (χ1) is 9.79. The fraction of sp³-hybridized carbons (Fsp3) is 0.421. The molecule has 0 amide bonds. The van der Waals surface area contributed by atoms with E-state index in [2.05, 4.69) is 76.3 Å². The average molecular weight is 282 g/mol. The van der Waals surface area contributed by atoms with Crippen molar-refractivity contribution < 1.29 is 0 Å². The maximum atomic E-state index is 4.40. The summed E-state index contributed by atoms with van der Waals surface area (Å²) >= 11 is 0. The fourth-order valence-corrected chi connectivity index (χ4v) is 2.55. The Bertz CT molecular complexity index is 625. The van der Waals surface area contributed by atoms with Crippen LogP contribution in [0.3, 0.4) is 0 Å². The summed E-state index contributed by atoms with van der Waals surface area (Å²) in [5.41, 5.74) is 11.4. The lowest BCUT2D eigenvalue weighted by atomic mass is 9.96. The first-order valence-corrected chi connectivity index (χ1v) is 7.55. The van der Waals surface area contributed by atoms with Gasteiger partial charge in [0.05, 0.1) is 6.21 Å². The lowest BCUT2D eigenvalue weighted by Gasteiger charge is -2.17. The summed E-state index contributed by atoms with van der Waals surface area (Å²) in [5, 5.41) is 4.40. The van der Waals surface area contributed by atoms with Crippen molar-refractivity contribution in [2.24, 2.45) is 5.10 Å². The van der Waals surface area contributed by atoms with Gasteiger partial charge in [-0.3, -0.25) is 0 Å². The molecular formula is C19H26N2. The third kappa shape index (κ3) is 3.63. The van der Waals surface area contributed by atoms with Gasteiger partial charge in [-0.15, -0.1) is 0 Å². The Morgan fingerprint density at radius 1 is 1.05 bits per heavy atom. The van der Waals surface area contributed by atoms with Crippen LogP contribution < -0.4 is 5.43 Å². The van der Waals surface area contributed by atoms with Gasteiger partial charge in [0.25, 0.3) is 0 Å². The van der Waals surface area contributed by atoms with Gasteiger partial charge in [0.15, 0.2) is 0 Å². The third-order valence-corrected chi connectivity index (χ3v) is 3.99. The number of allylic oxidation sites excluding steroid dienone is 4. The van der Waals surface area contributed by atoms with Crippen molar-refractivity contribution in [3.63, 3.8) is 0 Å². The summed E-state index contributed by atoms with van der Waals surface area (Å²) in [6.45, 7) is 13.0. The Labute approximate surface area is 128 Å². The Morgan fingerprint density at radius 3 is 2.29 bits per heavy atom. The molecule has 0 atom stereocenters. The highest BCUT2D eigenvalue weighted by atomic mass is 15.3. The molecule has 1 aromatic rings. The number of hydrogen-bond acceptors (Lipinski definition) is 2. The van der Waals surface area contributed by atoms with Gasteiger partial charge in [0.2, 0.25) is 0 Å². The zero-order valence-corrected chi connectivity index (χ0v) is 14.0. The van der Waals surface area contributed by atoms with Crippen molar-refractivity contribution in [2.45, 2.75) is 53.5 Å². The fourth-order valence-electron chi connectivity index (χ4n) is 2.55. The molecule has 1 N–H and O–H groups in total. The van der Waals surface area contributed by atoms with Gasteiger partial charge in [-0.2, -0.15) is 5.10 Å². The van der Waals surface area contributed by atoms with Crippen LogP contribution in [0.2, 0.25) is 0 Å². The Kier molecular flexibility index (Phi) is 4.36. The zero-order valence-electron chi connectivity index (χ0n) is 14.0. The number of hydrazone groups is 1. The standard InChI is InChI=1S/C19H26N2/c1-13-11-18(15(3)14(13)2)17-10-8-7-9-16(17)12-20-21-19(4,5)6/h7-10,12,21H,11H2,1-6H3/b20-12+. The molecule has 0 aromatic heterocycles. The maximum absolute atomic E-state index is 4.40. The molecule has 1 aliphatic rings. The first-order valence-electron chi connectivity index (χ1n) is 7.55. The van der Waals surface area contributed by atoms with E-state index in [0.29, 0.717) is 0 Å². The molecule has 0 saturated carbocycles. The smallest absolute Gasteiger partial charge is 0.0546 e. The van der Waals surface area contributed by atoms with E-state index in [4.69, 9.17) is 0 Å². The van der Waals surface area contributed by atoms with Gasteiger partial charge in [-0.1, -0.05) is 29.8 Å². The van der Waals surface area contributed by atoms with Gasteiger partial charge in [-0.05, 0) is 70.2 Å². The van der Waals surface area contributed by atoms with Crippen LogP contribution in [-0.4, -0.2) is 11.8 Å². The molecule has 0 aliphatic heterocycles. The summed E-state index contributed by atoms with van der Waals surface area (Å²) in [6.07, 6.45) is 2.99. The van der Waals surface area contributed by atoms with Crippen molar-refractivity contribution >= 4 is 11.8 Å². The topological polar surface area (TPSA) is 24.4 Å². The van der Waals surface area contributed by atoms with Crippen LogP contribution in [0.4, 0.5) is 0 Å². The normalized spacial score (nSPS) is 16.3. The lowest BCUT2D eigenvalue weighted by Crippen LogP contribution is -2.31. The van der Waals surface area contributed by atoms with E-state index in [-0.39, 0.29) is 5.54 Å². The predicted octanol–water partition coefficient (Wildman–Crippen LogP) is 4.92. The number of benzene rings is 1. The molecule has 1 aliphatic carbocycles. The highest BCUT2D eigenvalue weighted by Crippen LogP contribution is 2.38. The molecule has 1 aromatic carbocycles. The Hall–Kier alpha value is -1.83. The first kappa shape index (κ1) is 15.6. The molecule has 21 heavy (non-hydrogen) atoms. The molecule has 0 unspecified atom stereocenters. The second kappa shape index (κ2) is 5.88. The van der Waals surface area contributed by atoms with Crippen molar-refractivity contribution in [1.29, 1.82) is 0 Å². The van der Waals surface area contributed by atoms with E-state index in [0.717, 1.165) is 6.42 Å². The van der Waals surface area contributed by atoms with Crippen LogP contribution in [0.25, 0.3) is 5.57 Å². The number of hydrogen-bond donors (Lipinski definition) is 1. The summed E-state index contributed by atoms with van der Waals surface area (Å²) in [5.74, 6) is 0. The summed E-state index contributed by atoms with van der Waals surface area (Å²) in [7, 11) is 0. The van der Waals surface area contributed by atoms with Gasteiger partial charge in [-0.25, -0.2) is 0 Å². The van der Waals surface area contributed by atoms with Crippen LogP contribution in [0.5, 0.6) is 0 Å². The van der Waals surface area contributed by atoms with Crippen molar-refractivity contribution in [2.75, 3.05) is 0 Å². The summed E-state index contributed by atoms with van der Waals surface area (Å²) in [4.78, 5) is 0. The highest BCUT2D eigenvalue weighted by Gasteiger charge is 2.18. The monoisotopic (exact) mass is 282 g/mol. The van der Waals surface area contributed by atoms with E-state index in [1.165, 1.54) is 33.4 Å². The second-order valence-corrected chi connectivity index (χ2v) is 6.89. The number of rotatable bonds is 3. The van der Waals surface area contributed by atoms with E-state index in [9.17, 15) is 0 Å². The van der Waals surface area contributed by atoms with Crippen LogP contribution in [0.1, 0.15) is 59.1 Å². The van der Waals surface area contributed by atoms with Crippen LogP contribution >= 0.6 is 0 Å². The van der Waals surface area contributed by atoms with Crippen molar-refractivity contribution in [3.8, 4) is 0 Å². The minimum Gasteiger partial charge on any atom is -0.305 e. The Balaban J connectivity index is 2.32. The molecule has 0 spiro atoms. The van der Waals surface area contributed by atoms with E-state index < -0.39 is 0 Å². The highest BCUT2D eigenvalue weighted by molar-refractivity contribution is 5.91. The van der Waals surface area contributed by atoms with E-state index in [1.54, 1.807) is 0 Å². The SMILES string of the molecule is CC1=C(C)C(C)=C(c2ccccc2/C=N/NC(C)(C)C)C1. The quantitative estimate of drug-likeness (QED) is 0.617. The molecule has 2 rings (SSSR count). The molecule has 0 heterocycles. The summed E-state index contributed by atoms with van der Waals surface area (Å²) < 4.78 is 0. The second-order valence-electron chi connectivity index (χ2n) is 6.89. The minimum absolute atomic E-state index is 0.0112. The van der Waals surface area contributed by atoms with Gasteiger partial charge in [0, 0.05) is 11.1 Å². The van der Waals surface area contributed by atoms with Crippen LogP contribution in [0.15, 0.2) is 46.1 Å². The summed E-state index contributed by atoms with van der Waals surface area (Å²) in [6, 6.07) is 8.50. The van der Waals surface area contributed by atoms with Crippen LogP contribution in [-0.2, 0) is 0 Å². The molecule has 0 saturated heterocycles. The average Bonchev–Trinajstić information content (AvgIpc) is 2.66.